The van der Waals surface area contributed by atoms with Gasteiger partial charge in [0, 0.05) is 20.3 Å². The number of anilines is 1. The average Bonchev–Trinajstić information content (AvgIpc) is 3.29. The SMILES string of the molecule is CC(C)Cc1ncc(F)c2[nH]c(Cn3cccc(NC(=O)C(CCC=CC(=O)N(C)C)NC(=O)O)c3=O)nc12. The topological polar surface area (TPSA) is 162 Å². The molecule has 1 atom stereocenters. The van der Waals surface area contributed by atoms with Crippen molar-refractivity contribution in [3.63, 3.8) is 0 Å². The molecule has 3 heterocycles. The van der Waals surface area contributed by atoms with Gasteiger partial charge in [-0.15, -0.1) is 0 Å². The monoisotopic (exact) mass is 541 g/mol. The highest BCUT2D eigenvalue weighted by Gasteiger charge is 2.21. The van der Waals surface area contributed by atoms with E-state index in [9.17, 15) is 23.6 Å². The third-order valence-corrected chi connectivity index (χ3v) is 5.74. The molecule has 3 amide bonds. The number of allylic oxidation sites excluding steroid dienone is 1. The minimum atomic E-state index is -1.41. The van der Waals surface area contributed by atoms with Crippen LogP contribution >= 0.6 is 0 Å². The highest BCUT2D eigenvalue weighted by Crippen LogP contribution is 2.20. The summed E-state index contributed by atoms with van der Waals surface area (Å²) in [6, 6.07) is 1.77. The third kappa shape index (κ3) is 7.72. The van der Waals surface area contributed by atoms with Crippen molar-refractivity contribution < 1.29 is 23.9 Å². The summed E-state index contributed by atoms with van der Waals surface area (Å²) in [5.74, 6) is -0.911. The Labute approximate surface area is 223 Å². The molecule has 0 radical (unpaired) electrons. The minimum Gasteiger partial charge on any atom is -0.465 e. The fourth-order valence-corrected chi connectivity index (χ4v) is 3.83. The third-order valence-electron chi connectivity index (χ3n) is 5.74. The number of aromatic amines is 1. The number of carboxylic acid groups (broad SMARTS) is 1. The van der Waals surface area contributed by atoms with Gasteiger partial charge in [-0.3, -0.25) is 19.4 Å². The van der Waals surface area contributed by atoms with Crippen LogP contribution in [0, 0.1) is 11.7 Å². The lowest BCUT2D eigenvalue weighted by Gasteiger charge is -2.16. The molecule has 0 fully saturated rings. The predicted molar refractivity (Wildman–Crippen MR) is 143 cm³/mol. The van der Waals surface area contributed by atoms with Gasteiger partial charge in [-0.05, 0) is 43.4 Å². The Morgan fingerprint density at radius 1 is 1.28 bits per heavy atom. The number of halogens is 1. The second-order valence-corrected chi connectivity index (χ2v) is 9.62. The van der Waals surface area contributed by atoms with Crippen LogP contribution in [-0.2, 0) is 22.6 Å². The first-order chi connectivity index (χ1) is 18.5. The van der Waals surface area contributed by atoms with Crippen molar-refractivity contribution in [2.45, 2.75) is 45.7 Å². The van der Waals surface area contributed by atoms with Gasteiger partial charge in [-0.1, -0.05) is 19.9 Å². The fourth-order valence-electron chi connectivity index (χ4n) is 3.83. The summed E-state index contributed by atoms with van der Waals surface area (Å²) in [6.45, 7) is 4.01. The highest BCUT2D eigenvalue weighted by molar-refractivity contribution is 5.96. The van der Waals surface area contributed by atoms with Crippen molar-refractivity contribution in [3.05, 3.63) is 64.4 Å². The van der Waals surface area contributed by atoms with Crippen molar-refractivity contribution in [1.82, 2.24) is 29.7 Å². The Morgan fingerprint density at radius 2 is 2.03 bits per heavy atom. The van der Waals surface area contributed by atoms with Crippen LogP contribution < -0.4 is 16.2 Å². The number of hydrogen-bond acceptors (Lipinski definition) is 6. The maximum atomic E-state index is 14.4. The van der Waals surface area contributed by atoms with Crippen molar-refractivity contribution in [2.75, 3.05) is 19.4 Å². The summed E-state index contributed by atoms with van der Waals surface area (Å²) >= 11 is 0. The summed E-state index contributed by atoms with van der Waals surface area (Å²) in [5.41, 5.74) is 0.632. The minimum absolute atomic E-state index is 0.0285. The van der Waals surface area contributed by atoms with Crippen LogP contribution in [0.2, 0.25) is 0 Å². The van der Waals surface area contributed by atoms with Gasteiger partial charge >= 0.3 is 6.09 Å². The number of amides is 3. The number of carbonyl (C=O) groups excluding carboxylic acids is 2. The number of imidazole rings is 1. The molecule has 0 aliphatic carbocycles. The van der Waals surface area contributed by atoms with Gasteiger partial charge in [0.1, 0.15) is 28.6 Å². The number of hydrogen-bond donors (Lipinski definition) is 4. The van der Waals surface area contributed by atoms with Crippen molar-refractivity contribution >= 4 is 34.6 Å². The molecule has 0 saturated heterocycles. The molecule has 12 nitrogen and oxygen atoms in total. The molecular weight excluding hydrogens is 509 g/mol. The Hall–Kier alpha value is -4.55. The van der Waals surface area contributed by atoms with E-state index in [4.69, 9.17) is 5.11 Å². The largest absolute Gasteiger partial charge is 0.465 e. The van der Waals surface area contributed by atoms with Gasteiger partial charge in [0.2, 0.25) is 11.8 Å². The zero-order chi connectivity index (χ0) is 28.7. The molecule has 3 aromatic heterocycles. The van der Waals surface area contributed by atoms with Gasteiger partial charge in [-0.25, -0.2) is 14.2 Å². The van der Waals surface area contributed by atoms with Crippen LogP contribution in [0.5, 0.6) is 0 Å². The standard InChI is InChI=1S/C26H32FN7O5/c1-15(2)12-19-23-22(16(27)13-28-19)31-20(32-23)14-34-11-7-9-18(25(34)37)29-24(36)17(30-26(38)39)8-5-6-10-21(35)33(3)4/h6-7,9-11,13,15,17,30H,5,8,12,14H2,1-4H3,(H,29,36)(H,31,32)(H,38,39). The van der Waals surface area contributed by atoms with E-state index in [2.05, 4.69) is 25.6 Å². The molecule has 0 spiro atoms. The van der Waals surface area contributed by atoms with Gasteiger partial charge in [0.05, 0.1) is 18.4 Å². The van der Waals surface area contributed by atoms with Gasteiger partial charge < -0.3 is 30.2 Å². The number of fused-ring (bicyclic) bond motifs is 1. The van der Waals surface area contributed by atoms with Crippen LogP contribution in [-0.4, -0.2) is 67.6 Å². The molecule has 0 aliphatic rings. The van der Waals surface area contributed by atoms with Gasteiger partial charge in [0.25, 0.3) is 5.56 Å². The van der Waals surface area contributed by atoms with E-state index in [1.165, 1.54) is 27.8 Å². The lowest BCUT2D eigenvalue weighted by atomic mass is 10.1. The number of pyridine rings is 2. The molecule has 4 N–H and O–H groups in total. The second-order valence-electron chi connectivity index (χ2n) is 9.62. The van der Waals surface area contributed by atoms with E-state index in [1.54, 1.807) is 26.2 Å². The Morgan fingerprint density at radius 3 is 2.69 bits per heavy atom. The van der Waals surface area contributed by atoms with Crippen molar-refractivity contribution in [3.8, 4) is 0 Å². The van der Waals surface area contributed by atoms with E-state index in [0.717, 1.165) is 6.20 Å². The van der Waals surface area contributed by atoms with E-state index >= 15 is 0 Å². The number of nitrogens with one attached hydrogen (secondary N) is 3. The summed E-state index contributed by atoms with van der Waals surface area (Å²) < 4.78 is 15.7. The number of likely N-dealkylation sites (N-methyl/N-ethyl adjacent to an activating group) is 1. The Balaban J connectivity index is 1.77. The normalized spacial score (nSPS) is 12.2. The highest BCUT2D eigenvalue weighted by atomic mass is 19.1. The summed E-state index contributed by atoms with van der Waals surface area (Å²) in [4.78, 5) is 61.7. The van der Waals surface area contributed by atoms with E-state index in [0.29, 0.717) is 23.5 Å². The quantitative estimate of drug-likeness (QED) is 0.271. The van der Waals surface area contributed by atoms with Gasteiger partial charge in [-0.2, -0.15) is 0 Å². The lowest BCUT2D eigenvalue weighted by molar-refractivity contribution is -0.123. The Bertz CT molecular complexity index is 1440. The predicted octanol–water partition coefficient (Wildman–Crippen LogP) is 2.50. The van der Waals surface area contributed by atoms with Crippen LogP contribution in [0.4, 0.5) is 14.9 Å². The molecular formula is C26H32FN7O5. The van der Waals surface area contributed by atoms with Crippen LogP contribution in [0.25, 0.3) is 11.0 Å². The van der Waals surface area contributed by atoms with E-state index in [1.807, 2.05) is 13.8 Å². The molecule has 13 heteroatoms. The maximum absolute atomic E-state index is 14.4. The summed E-state index contributed by atoms with van der Waals surface area (Å²) in [7, 11) is 3.19. The number of aromatic nitrogens is 4. The molecule has 208 valence electrons. The van der Waals surface area contributed by atoms with E-state index < -0.39 is 29.4 Å². The average molecular weight is 542 g/mol. The molecule has 0 saturated carbocycles. The van der Waals surface area contributed by atoms with Crippen LogP contribution in [0.1, 0.15) is 38.2 Å². The number of nitrogens with zero attached hydrogens (tertiary/aromatic N) is 4. The number of H-pyrrole nitrogens is 1. The Kier molecular flexibility index (Phi) is 9.52. The van der Waals surface area contributed by atoms with Crippen LogP contribution in [0.15, 0.2) is 41.5 Å². The zero-order valence-corrected chi connectivity index (χ0v) is 22.2. The van der Waals surface area contributed by atoms with Crippen molar-refractivity contribution in [2.24, 2.45) is 5.92 Å². The fraction of sp³-hybridized carbons (Fsp3) is 0.385. The first kappa shape index (κ1) is 29.0. The number of rotatable bonds is 11. The molecule has 3 rings (SSSR count). The molecule has 1 unspecified atom stereocenters. The first-order valence-electron chi connectivity index (χ1n) is 12.4. The number of carbonyl (C=O) groups is 3. The first-order valence-corrected chi connectivity index (χ1v) is 12.4. The molecule has 0 aromatic carbocycles. The van der Waals surface area contributed by atoms with Gasteiger partial charge in [0.15, 0.2) is 5.82 Å². The van der Waals surface area contributed by atoms with Crippen molar-refractivity contribution in [1.29, 1.82) is 0 Å². The molecule has 3 aromatic rings. The van der Waals surface area contributed by atoms with E-state index in [-0.39, 0.29) is 42.4 Å². The smallest absolute Gasteiger partial charge is 0.405 e. The maximum Gasteiger partial charge on any atom is 0.405 e. The molecule has 0 bridgehead atoms. The lowest BCUT2D eigenvalue weighted by Crippen LogP contribution is -2.44. The summed E-state index contributed by atoms with van der Waals surface area (Å²) in [5, 5.41) is 13.8. The van der Waals surface area contributed by atoms with Crippen LogP contribution in [0.3, 0.4) is 0 Å². The second kappa shape index (κ2) is 12.8. The molecule has 39 heavy (non-hydrogen) atoms. The zero-order valence-electron chi connectivity index (χ0n) is 22.2. The summed E-state index contributed by atoms with van der Waals surface area (Å²) in [6.07, 6.45) is 5.02. The molecule has 0 aliphatic heterocycles.